The van der Waals surface area contributed by atoms with Crippen LogP contribution in [0, 0.1) is 0 Å². The molecule has 0 spiro atoms. The van der Waals surface area contributed by atoms with Gasteiger partial charge in [0.1, 0.15) is 12.4 Å². The minimum Gasteiger partial charge on any atom is -0.491 e. The van der Waals surface area contributed by atoms with E-state index in [-0.39, 0.29) is 18.1 Å². The van der Waals surface area contributed by atoms with Crippen LogP contribution in [0.3, 0.4) is 0 Å². The summed E-state index contributed by atoms with van der Waals surface area (Å²) in [5, 5.41) is 0. The van der Waals surface area contributed by atoms with Crippen LogP contribution < -0.4 is 4.74 Å². The van der Waals surface area contributed by atoms with Crippen LogP contribution in [0.25, 0.3) is 0 Å². The van der Waals surface area contributed by atoms with Gasteiger partial charge in [0.2, 0.25) is 0 Å². The fourth-order valence-corrected chi connectivity index (χ4v) is 2.76. The second-order valence-corrected chi connectivity index (χ2v) is 6.05. The molecular formula is C17H21F2NO3. The second kappa shape index (κ2) is 7.25. The first kappa shape index (κ1) is 16.2. The number of halogens is 2. The molecule has 2 fully saturated rings. The summed E-state index contributed by atoms with van der Waals surface area (Å²) in [4.78, 5) is 13.7. The van der Waals surface area contributed by atoms with E-state index in [1.54, 1.807) is 24.3 Å². The third kappa shape index (κ3) is 4.41. The number of rotatable bonds is 7. The lowest BCUT2D eigenvalue weighted by Crippen LogP contribution is -2.36. The predicted molar refractivity (Wildman–Crippen MR) is 81.0 cm³/mol. The van der Waals surface area contributed by atoms with Gasteiger partial charge in [0.25, 0.3) is 12.3 Å². The third-order valence-electron chi connectivity index (χ3n) is 4.14. The fourth-order valence-electron chi connectivity index (χ4n) is 2.76. The minimum atomic E-state index is -2.51. The molecule has 0 aromatic heterocycles. The Kier molecular flexibility index (Phi) is 5.10. The first-order valence-electron chi connectivity index (χ1n) is 8.07. The molecule has 0 unspecified atom stereocenters. The van der Waals surface area contributed by atoms with Crippen molar-refractivity contribution in [2.24, 2.45) is 0 Å². The molecule has 23 heavy (non-hydrogen) atoms. The molecule has 2 aliphatic rings. The average Bonchev–Trinajstić information content (AvgIpc) is 3.26. The highest BCUT2D eigenvalue weighted by Crippen LogP contribution is 2.29. The number of benzene rings is 1. The summed E-state index contributed by atoms with van der Waals surface area (Å²) >= 11 is 0. The van der Waals surface area contributed by atoms with E-state index < -0.39 is 13.0 Å². The zero-order chi connectivity index (χ0) is 16.2. The Balaban J connectivity index is 1.57. The first-order chi connectivity index (χ1) is 11.1. The van der Waals surface area contributed by atoms with Crippen LogP contribution in [-0.4, -0.2) is 49.1 Å². The van der Waals surface area contributed by atoms with Crippen LogP contribution in [0.4, 0.5) is 8.78 Å². The maximum atomic E-state index is 12.6. The van der Waals surface area contributed by atoms with Crippen LogP contribution >= 0.6 is 0 Å². The molecule has 1 saturated carbocycles. The second-order valence-electron chi connectivity index (χ2n) is 6.05. The van der Waals surface area contributed by atoms with Crippen molar-refractivity contribution in [2.45, 2.75) is 44.3 Å². The molecule has 126 valence electrons. The van der Waals surface area contributed by atoms with E-state index in [4.69, 9.17) is 9.47 Å². The standard InChI is InChI=1S/C17H21F2NO3/c18-16(19)10-20(13-5-6-13)17(21)12-3-7-14(8-4-12)23-11-15-2-1-9-22-15/h3-4,7-8,13,15-16H,1-2,5-6,9-11H2/t15-/m0/s1. The van der Waals surface area contributed by atoms with Crippen LogP contribution in [0.15, 0.2) is 24.3 Å². The lowest BCUT2D eigenvalue weighted by Gasteiger charge is -2.22. The third-order valence-corrected chi connectivity index (χ3v) is 4.14. The molecule has 0 bridgehead atoms. The lowest BCUT2D eigenvalue weighted by molar-refractivity contribution is 0.0534. The van der Waals surface area contributed by atoms with Crippen LogP contribution in [0.2, 0.25) is 0 Å². The Morgan fingerprint density at radius 1 is 1.26 bits per heavy atom. The summed E-state index contributed by atoms with van der Waals surface area (Å²) in [5.41, 5.74) is 0.419. The molecule has 1 aliphatic carbocycles. The SMILES string of the molecule is O=C(c1ccc(OC[C@@H]2CCCO2)cc1)N(CC(F)F)C1CC1. The van der Waals surface area contributed by atoms with Gasteiger partial charge in [-0.2, -0.15) is 0 Å². The number of ether oxygens (including phenoxy) is 2. The highest BCUT2D eigenvalue weighted by atomic mass is 19.3. The van der Waals surface area contributed by atoms with Gasteiger partial charge in [-0.25, -0.2) is 8.78 Å². The topological polar surface area (TPSA) is 38.8 Å². The molecule has 0 N–H and O–H groups in total. The summed E-state index contributed by atoms with van der Waals surface area (Å²) in [5.74, 6) is 0.322. The van der Waals surface area contributed by atoms with E-state index in [0.717, 1.165) is 32.3 Å². The molecule has 1 aromatic rings. The minimum absolute atomic E-state index is 0.0352. The monoisotopic (exact) mass is 325 g/mol. The number of carbonyl (C=O) groups excluding carboxylic acids is 1. The van der Waals surface area contributed by atoms with E-state index in [1.807, 2.05) is 0 Å². The van der Waals surface area contributed by atoms with Crippen LogP contribution in [0.1, 0.15) is 36.0 Å². The van der Waals surface area contributed by atoms with E-state index in [9.17, 15) is 13.6 Å². The van der Waals surface area contributed by atoms with Gasteiger partial charge in [0.15, 0.2) is 0 Å². The van der Waals surface area contributed by atoms with Crippen molar-refractivity contribution in [1.29, 1.82) is 0 Å². The van der Waals surface area contributed by atoms with Crippen LogP contribution in [0.5, 0.6) is 5.75 Å². The summed E-state index contributed by atoms with van der Waals surface area (Å²) in [6, 6.07) is 6.64. The molecule has 3 rings (SSSR count). The normalized spacial score (nSPS) is 20.7. The van der Waals surface area contributed by atoms with Gasteiger partial charge in [-0.3, -0.25) is 4.79 Å². The Morgan fingerprint density at radius 3 is 2.57 bits per heavy atom. The van der Waals surface area contributed by atoms with E-state index in [0.29, 0.717) is 17.9 Å². The van der Waals surface area contributed by atoms with E-state index >= 15 is 0 Å². The van der Waals surface area contributed by atoms with Crippen molar-refractivity contribution >= 4 is 5.91 Å². The van der Waals surface area contributed by atoms with Gasteiger partial charge in [-0.1, -0.05) is 0 Å². The van der Waals surface area contributed by atoms with Crippen molar-refractivity contribution < 1.29 is 23.0 Å². The summed E-state index contributed by atoms with van der Waals surface area (Å²) in [6.45, 7) is 0.774. The summed E-state index contributed by atoms with van der Waals surface area (Å²) in [7, 11) is 0. The first-order valence-corrected chi connectivity index (χ1v) is 8.07. The molecule has 1 heterocycles. The Morgan fingerprint density at radius 2 is 2.00 bits per heavy atom. The smallest absolute Gasteiger partial charge is 0.255 e. The van der Waals surface area contributed by atoms with Gasteiger partial charge in [-0.15, -0.1) is 0 Å². The van der Waals surface area contributed by atoms with Crippen molar-refractivity contribution in [3.05, 3.63) is 29.8 Å². The zero-order valence-electron chi connectivity index (χ0n) is 12.9. The molecule has 1 saturated heterocycles. The summed E-state index contributed by atoms with van der Waals surface area (Å²) < 4.78 is 36.4. The zero-order valence-corrected chi connectivity index (χ0v) is 12.9. The Hall–Kier alpha value is -1.69. The van der Waals surface area contributed by atoms with Crippen molar-refractivity contribution in [2.75, 3.05) is 19.8 Å². The molecule has 6 heteroatoms. The summed E-state index contributed by atoms with van der Waals surface area (Å²) in [6.07, 6.45) is 1.30. The highest BCUT2D eigenvalue weighted by Gasteiger charge is 2.34. The van der Waals surface area contributed by atoms with Gasteiger partial charge in [0.05, 0.1) is 12.6 Å². The largest absolute Gasteiger partial charge is 0.491 e. The van der Waals surface area contributed by atoms with E-state index in [1.165, 1.54) is 4.90 Å². The number of alkyl halides is 2. The quantitative estimate of drug-likeness (QED) is 0.773. The number of amides is 1. The molecule has 1 aliphatic heterocycles. The fraction of sp³-hybridized carbons (Fsp3) is 0.588. The molecule has 0 radical (unpaired) electrons. The predicted octanol–water partition coefficient (Wildman–Crippen LogP) is 3.11. The molecular weight excluding hydrogens is 304 g/mol. The highest BCUT2D eigenvalue weighted by molar-refractivity contribution is 5.94. The molecule has 4 nitrogen and oxygen atoms in total. The van der Waals surface area contributed by atoms with Crippen molar-refractivity contribution in [3.8, 4) is 5.75 Å². The number of carbonyl (C=O) groups is 1. The van der Waals surface area contributed by atoms with E-state index in [2.05, 4.69) is 0 Å². The number of hydrogen-bond donors (Lipinski definition) is 0. The van der Waals surface area contributed by atoms with Gasteiger partial charge in [-0.05, 0) is 49.9 Å². The van der Waals surface area contributed by atoms with Gasteiger partial charge < -0.3 is 14.4 Å². The van der Waals surface area contributed by atoms with Crippen LogP contribution in [-0.2, 0) is 4.74 Å². The van der Waals surface area contributed by atoms with Crippen molar-refractivity contribution in [3.63, 3.8) is 0 Å². The molecule has 1 aromatic carbocycles. The number of hydrogen-bond acceptors (Lipinski definition) is 3. The molecule has 1 atom stereocenters. The Labute approximate surface area is 134 Å². The maximum Gasteiger partial charge on any atom is 0.255 e. The van der Waals surface area contributed by atoms with Gasteiger partial charge in [0, 0.05) is 18.2 Å². The van der Waals surface area contributed by atoms with Crippen molar-refractivity contribution in [1.82, 2.24) is 4.90 Å². The molecule has 1 amide bonds. The maximum absolute atomic E-state index is 12.6. The number of nitrogens with zero attached hydrogens (tertiary/aromatic N) is 1. The van der Waals surface area contributed by atoms with Gasteiger partial charge >= 0.3 is 0 Å². The lowest BCUT2D eigenvalue weighted by atomic mass is 10.2. The average molecular weight is 325 g/mol. The Bertz CT molecular complexity index is 525.